The molecular formula is C14H12ClFN2O. The number of nitrogens with one attached hydrogen (secondary N) is 1. The van der Waals surface area contributed by atoms with Gasteiger partial charge in [0.05, 0.1) is 10.6 Å². The minimum Gasteiger partial charge on any atom is -0.398 e. The Morgan fingerprint density at radius 2 is 2.05 bits per heavy atom. The molecule has 0 bridgehead atoms. The van der Waals surface area contributed by atoms with Gasteiger partial charge in [-0.3, -0.25) is 4.79 Å². The number of amides is 1. The van der Waals surface area contributed by atoms with Crippen LogP contribution in [-0.2, 0) is 0 Å². The Labute approximate surface area is 115 Å². The maximum Gasteiger partial charge on any atom is 0.259 e. The van der Waals surface area contributed by atoms with Crippen molar-refractivity contribution in [2.45, 2.75) is 6.92 Å². The highest BCUT2D eigenvalue weighted by Gasteiger charge is 2.15. The molecule has 3 nitrogen and oxygen atoms in total. The number of hydrogen-bond donors (Lipinski definition) is 2. The highest BCUT2D eigenvalue weighted by molar-refractivity contribution is 6.35. The van der Waals surface area contributed by atoms with Gasteiger partial charge >= 0.3 is 0 Å². The van der Waals surface area contributed by atoms with Crippen LogP contribution in [0.5, 0.6) is 0 Å². The Balaban J connectivity index is 2.34. The number of anilines is 2. The predicted octanol–water partition coefficient (Wildman–Crippen LogP) is 3.62. The second-order valence-corrected chi connectivity index (χ2v) is 4.52. The van der Waals surface area contributed by atoms with Gasteiger partial charge in [0.2, 0.25) is 0 Å². The van der Waals surface area contributed by atoms with Crippen LogP contribution >= 0.6 is 11.6 Å². The van der Waals surface area contributed by atoms with Crippen molar-refractivity contribution >= 4 is 28.9 Å². The molecule has 0 unspecified atom stereocenters. The number of nitrogens with two attached hydrogens (primary N) is 1. The molecule has 0 saturated carbocycles. The number of halogens is 2. The van der Waals surface area contributed by atoms with E-state index in [-0.39, 0.29) is 16.3 Å². The molecule has 0 aromatic heterocycles. The van der Waals surface area contributed by atoms with Crippen LogP contribution in [0.3, 0.4) is 0 Å². The van der Waals surface area contributed by atoms with Gasteiger partial charge in [0.15, 0.2) is 0 Å². The SMILES string of the molecule is Cc1ccc(F)cc1NC(=O)c1c(N)cccc1Cl. The zero-order valence-corrected chi connectivity index (χ0v) is 11.0. The fourth-order valence-electron chi connectivity index (χ4n) is 1.69. The second kappa shape index (κ2) is 5.28. The van der Waals surface area contributed by atoms with E-state index in [0.29, 0.717) is 5.69 Å². The summed E-state index contributed by atoms with van der Waals surface area (Å²) in [5.74, 6) is -0.884. The van der Waals surface area contributed by atoms with Crippen molar-refractivity contribution in [2.75, 3.05) is 11.1 Å². The Morgan fingerprint density at radius 1 is 1.32 bits per heavy atom. The number of hydrogen-bond acceptors (Lipinski definition) is 2. The van der Waals surface area contributed by atoms with Crippen LogP contribution in [0.2, 0.25) is 5.02 Å². The molecule has 0 atom stereocenters. The number of nitrogen functional groups attached to an aromatic ring is 1. The average molecular weight is 279 g/mol. The van der Waals surface area contributed by atoms with E-state index in [1.807, 2.05) is 0 Å². The topological polar surface area (TPSA) is 55.1 Å². The standard InChI is InChI=1S/C14H12ClFN2O/c1-8-5-6-9(16)7-12(8)18-14(19)13-10(15)3-2-4-11(13)17/h2-7H,17H2,1H3,(H,18,19). The maximum absolute atomic E-state index is 13.2. The molecule has 98 valence electrons. The molecule has 1 amide bonds. The molecule has 0 spiro atoms. The zero-order valence-electron chi connectivity index (χ0n) is 10.2. The first-order valence-electron chi connectivity index (χ1n) is 5.60. The van der Waals surface area contributed by atoms with Crippen LogP contribution in [0.15, 0.2) is 36.4 Å². The van der Waals surface area contributed by atoms with Crippen molar-refractivity contribution in [3.05, 3.63) is 58.4 Å². The third kappa shape index (κ3) is 2.85. The maximum atomic E-state index is 13.2. The zero-order chi connectivity index (χ0) is 14.0. The summed E-state index contributed by atoms with van der Waals surface area (Å²) in [5.41, 5.74) is 7.33. The van der Waals surface area contributed by atoms with Gasteiger partial charge in [-0.25, -0.2) is 4.39 Å². The molecule has 2 aromatic rings. The second-order valence-electron chi connectivity index (χ2n) is 4.12. The van der Waals surface area contributed by atoms with E-state index in [4.69, 9.17) is 17.3 Å². The molecule has 0 aliphatic carbocycles. The molecular weight excluding hydrogens is 267 g/mol. The van der Waals surface area contributed by atoms with Gasteiger partial charge in [-0.1, -0.05) is 23.7 Å². The lowest BCUT2D eigenvalue weighted by Gasteiger charge is -2.11. The third-order valence-electron chi connectivity index (χ3n) is 2.72. The first kappa shape index (κ1) is 13.4. The van der Waals surface area contributed by atoms with Crippen molar-refractivity contribution in [1.82, 2.24) is 0 Å². The van der Waals surface area contributed by atoms with Gasteiger partial charge in [0.25, 0.3) is 5.91 Å². The lowest BCUT2D eigenvalue weighted by atomic mass is 10.1. The highest BCUT2D eigenvalue weighted by Crippen LogP contribution is 2.24. The minimum atomic E-state index is -0.461. The normalized spacial score (nSPS) is 10.3. The Morgan fingerprint density at radius 3 is 2.74 bits per heavy atom. The van der Waals surface area contributed by atoms with E-state index < -0.39 is 11.7 Å². The monoisotopic (exact) mass is 278 g/mol. The number of carbonyl (C=O) groups is 1. The summed E-state index contributed by atoms with van der Waals surface area (Å²) in [6, 6.07) is 8.97. The van der Waals surface area contributed by atoms with Crippen LogP contribution in [0.1, 0.15) is 15.9 Å². The molecule has 0 radical (unpaired) electrons. The highest BCUT2D eigenvalue weighted by atomic mass is 35.5. The van der Waals surface area contributed by atoms with Gasteiger partial charge in [0, 0.05) is 11.4 Å². The van der Waals surface area contributed by atoms with E-state index in [1.54, 1.807) is 31.2 Å². The fourth-order valence-corrected chi connectivity index (χ4v) is 1.96. The van der Waals surface area contributed by atoms with Crippen molar-refractivity contribution in [2.24, 2.45) is 0 Å². The molecule has 0 saturated heterocycles. The van der Waals surface area contributed by atoms with E-state index >= 15 is 0 Å². The van der Waals surface area contributed by atoms with Gasteiger partial charge < -0.3 is 11.1 Å². The van der Waals surface area contributed by atoms with Gasteiger partial charge in [-0.2, -0.15) is 0 Å². The first-order chi connectivity index (χ1) is 8.99. The van der Waals surface area contributed by atoms with Crippen LogP contribution in [0.4, 0.5) is 15.8 Å². The minimum absolute atomic E-state index is 0.188. The average Bonchev–Trinajstić information content (AvgIpc) is 2.33. The summed E-state index contributed by atoms with van der Waals surface area (Å²) in [6.45, 7) is 1.77. The molecule has 0 aliphatic rings. The third-order valence-corrected chi connectivity index (χ3v) is 3.04. The lowest BCUT2D eigenvalue weighted by Crippen LogP contribution is -2.15. The molecule has 19 heavy (non-hydrogen) atoms. The number of carbonyl (C=O) groups excluding carboxylic acids is 1. The van der Waals surface area contributed by atoms with Crippen LogP contribution < -0.4 is 11.1 Å². The van der Waals surface area contributed by atoms with Crippen molar-refractivity contribution < 1.29 is 9.18 Å². The largest absolute Gasteiger partial charge is 0.398 e. The quantitative estimate of drug-likeness (QED) is 0.824. The number of rotatable bonds is 2. The van der Waals surface area contributed by atoms with Crippen molar-refractivity contribution in [3.8, 4) is 0 Å². The van der Waals surface area contributed by atoms with E-state index in [9.17, 15) is 9.18 Å². The van der Waals surface area contributed by atoms with Crippen LogP contribution in [-0.4, -0.2) is 5.91 Å². The van der Waals surface area contributed by atoms with Crippen molar-refractivity contribution in [1.29, 1.82) is 0 Å². The molecule has 0 aliphatic heterocycles. The lowest BCUT2D eigenvalue weighted by molar-refractivity contribution is 0.102. The van der Waals surface area contributed by atoms with Crippen LogP contribution in [0, 0.1) is 12.7 Å². The van der Waals surface area contributed by atoms with E-state index in [0.717, 1.165) is 5.56 Å². The number of benzene rings is 2. The summed E-state index contributed by atoms with van der Waals surface area (Å²) in [6.07, 6.45) is 0. The molecule has 2 rings (SSSR count). The smallest absolute Gasteiger partial charge is 0.259 e. The Hall–Kier alpha value is -2.07. The van der Waals surface area contributed by atoms with E-state index in [1.165, 1.54) is 12.1 Å². The van der Waals surface area contributed by atoms with Gasteiger partial charge in [0.1, 0.15) is 5.82 Å². The summed E-state index contributed by atoms with van der Waals surface area (Å²) < 4.78 is 13.2. The predicted molar refractivity (Wildman–Crippen MR) is 75.0 cm³/mol. The van der Waals surface area contributed by atoms with Crippen LogP contribution in [0.25, 0.3) is 0 Å². The summed E-state index contributed by atoms with van der Waals surface area (Å²) in [7, 11) is 0. The van der Waals surface area contributed by atoms with Gasteiger partial charge in [-0.15, -0.1) is 0 Å². The summed E-state index contributed by atoms with van der Waals surface area (Å²) in [5, 5.41) is 2.86. The fraction of sp³-hybridized carbons (Fsp3) is 0.0714. The molecule has 3 N–H and O–H groups in total. The van der Waals surface area contributed by atoms with Gasteiger partial charge in [-0.05, 0) is 36.8 Å². The molecule has 5 heteroatoms. The molecule has 2 aromatic carbocycles. The molecule has 0 fully saturated rings. The summed E-state index contributed by atoms with van der Waals surface area (Å²) >= 11 is 5.95. The van der Waals surface area contributed by atoms with E-state index in [2.05, 4.69) is 5.32 Å². The summed E-state index contributed by atoms with van der Waals surface area (Å²) in [4.78, 5) is 12.1. The Bertz CT molecular complexity index is 623. The molecule has 0 heterocycles. The number of aryl methyl sites for hydroxylation is 1. The Kier molecular flexibility index (Phi) is 3.71. The first-order valence-corrected chi connectivity index (χ1v) is 5.98. The van der Waals surface area contributed by atoms with Crippen molar-refractivity contribution in [3.63, 3.8) is 0 Å².